The molecule has 0 saturated heterocycles. The SMILES string of the molecule is CC(C)(C)n1cc(C(=O)O)c(=O)c2cc(F)c(F)cc21. The molecule has 0 aliphatic rings. The van der Waals surface area contributed by atoms with Crippen molar-refractivity contribution in [2.24, 2.45) is 0 Å². The molecular weight excluding hydrogens is 268 g/mol. The minimum atomic E-state index is -1.40. The molecule has 2 aromatic rings. The van der Waals surface area contributed by atoms with E-state index in [0.717, 1.165) is 18.3 Å². The number of carboxylic acids is 1. The van der Waals surface area contributed by atoms with Crippen LogP contribution in [0.25, 0.3) is 10.9 Å². The van der Waals surface area contributed by atoms with Crippen molar-refractivity contribution in [1.82, 2.24) is 4.57 Å². The maximum Gasteiger partial charge on any atom is 0.341 e. The number of halogens is 2. The Kier molecular flexibility index (Phi) is 3.12. The van der Waals surface area contributed by atoms with Crippen LogP contribution in [-0.2, 0) is 5.54 Å². The Morgan fingerprint density at radius 2 is 1.75 bits per heavy atom. The van der Waals surface area contributed by atoms with E-state index in [1.54, 1.807) is 20.8 Å². The fraction of sp³-hybridized carbons (Fsp3) is 0.286. The van der Waals surface area contributed by atoms with Crippen LogP contribution in [0, 0.1) is 11.6 Å². The van der Waals surface area contributed by atoms with Gasteiger partial charge in [-0.1, -0.05) is 0 Å². The first-order valence-corrected chi connectivity index (χ1v) is 5.91. The second kappa shape index (κ2) is 4.40. The Hall–Kier alpha value is -2.24. The van der Waals surface area contributed by atoms with Crippen molar-refractivity contribution < 1.29 is 18.7 Å². The van der Waals surface area contributed by atoms with Crippen molar-refractivity contribution in [2.45, 2.75) is 26.3 Å². The summed E-state index contributed by atoms with van der Waals surface area (Å²) in [6.07, 6.45) is 1.16. The number of nitrogens with zero attached hydrogens (tertiary/aromatic N) is 1. The molecule has 0 atom stereocenters. The van der Waals surface area contributed by atoms with Gasteiger partial charge < -0.3 is 9.67 Å². The van der Waals surface area contributed by atoms with E-state index in [2.05, 4.69) is 0 Å². The number of hydrogen-bond acceptors (Lipinski definition) is 2. The number of carbonyl (C=O) groups is 1. The molecule has 20 heavy (non-hydrogen) atoms. The van der Waals surface area contributed by atoms with E-state index in [1.807, 2.05) is 0 Å². The molecule has 1 heterocycles. The molecule has 0 amide bonds. The number of carboxylic acid groups (broad SMARTS) is 1. The lowest BCUT2D eigenvalue weighted by Crippen LogP contribution is -2.27. The Morgan fingerprint density at radius 3 is 2.25 bits per heavy atom. The molecule has 0 unspecified atom stereocenters. The van der Waals surface area contributed by atoms with Gasteiger partial charge in [0.25, 0.3) is 0 Å². The van der Waals surface area contributed by atoms with Crippen molar-refractivity contribution >= 4 is 16.9 Å². The van der Waals surface area contributed by atoms with Crippen molar-refractivity contribution in [3.63, 3.8) is 0 Å². The molecule has 0 aliphatic heterocycles. The zero-order chi connectivity index (χ0) is 15.2. The first kappa shape index (κ1) is 14.2. The first-order valence-electron chi connectivity index (χ1n) is 5.91. The third-order valence-corrected chi connectivity index (χ3v) is 3.00. The second-order valence-electron chi connectivity index (χ2n) is 5.50. The summed E-state index contributed by atoms with van der Waals surface area (Å²) in [5, 5.41) is 8.90. The summed E-state index contributed by atoms with van der Waals surface area (Å²) in [5.74, 6) is -3.67. The third-order valence-electron chi connectivity index (χ3n) is 3.00. The van der Waals surface area contributed by atoms with Gasteiger partial charge in [0, 0.05) is 23.2 Å². The molecule has 0 saturated carbocycles. The summed E-state index contributed by atoms with van der Waals surface area (Å²) in [6, 6.07) is 1.64. The van der Waals surface area contributed by atoms with Gasteiger partial charge in [-0.15, -0.1) is 0 Å². The number of pyridine rings is 1. The van der Waals surface area contributed by atoms with Gasteiger partial charge in [0.2, 0.25) is 5.43 Å². The summed E-state index contributed by atoms with van der Waals surface area (Å²) in [7, 11) is 0. The van der Waals surface area contributed by atoms with Crippen molar-refractivity contribution in [1.29, 1.82) is 0 Å². The van der Waals surface area contributed by atoms with Crippen LogP contribution in [0.2, 0.25) is 0 Å². The van der Waals surface area contributed by atoms with E-state index in [0.29, 0.717) is 0 Å². The first-order chi connectivity index (χ1) is 9.12. The Balaban J connectivity index is 3.05. The van der Waals surface area contributed by atoms with Crippen LogP contribution in [0.1, 0.15) is 31.1 Å². The highest BCUT2D eigenvalue weighted by molar-refractivity contribution is 5.92. The summed E-state index contributed by atoms with van der Waals surface area (Å²) >= 11 is 0. The zero-order valence-electron chi connectivity index (χ0n) is 11.2. The monoisotopic (exact) mass is 281 g/mol. The number of aromatic carboxylic acids is 1. The molecule has 0 radical (unpaired) electrons. The molecule has 0 aliphatic carbocycles. The van der Waals surface area contributed by atoms with E-state index >= 15 is 0 Å². The molecule has 0 spiro atoms. The summed E-state index contributed by atoms with van der Waals surface area (Å²) in [4.78, 5) is 23.1. The molecule has 0 bridgehead atoms. The standard InChI is InChI=1S/C14H13F2NO3/c1-14(2,3)17-6-8(13(19)20)12(18)7-4-9(15)10(16)5-11(7)17/h4-6H,1-3H3,(H,19,20). The van der Waals surface area contributed by atoms with Gasteiger partial charge in [-0.25, -0.2) is 13.6 Å². The lowest BCUT2D eigenvalue weighted by atomic mass is 10.0. The molecular formula is C14H13F2NO3. The van der Waals surface area contributed by atoms with Crippen molar-refractivity contribution in [2.75, 3.05) is 0 Å². The van der Waals surface area contributed by atoms with Gasteiger partial charge in [-0.3, -0.25) is 4.79 Å². The van der Waals surface area contributed by atoms with E-state index in [-0.39, 0.29) is 10.9 Å². The normalized spacial score (nSPS) is 11.8. The van der Waals surface area contributed by atoms with E-state index in [1.165, 1.54) is 4.57 Å². The minimum absolute atomic E-state index is 0.154. The van der Waals surface area contributed by atoms with Crippen LogP contribution in [0.3, 0.4) is 0 Å². The van der Waals surface area contributed by atoms with Gasteiger partial charge in [-0.05, 0) is 26.8 Å². The lowest BCUT2D eigenvalue weighted by Gasteiger charge is -2.26. The van der Waals surface area contributed by atoms with E-state index in [4.69, 9.17) is 5.11 Å². The van der Waals surface area contributed by atoms with Crippen molar-refractivity contribution in [3.05, 3.63) is 45.8 Å². The topological polar surface area (TPSA) is 59.3 Å². The van der Waals surface area contributed by atoms with Crippen LogP contribution in [0.15, 0.2) is 23.1 Å². The molecule has 1 N–H and O–H groups in total. The van der Waals surface area contributed by atoms with Crippen LogP contribution in [0.4, 0.5) is 8.78 Å². The largest absolute Gasteiger partial charge is 0.477 e. The smallest absolute Gasteiger partial charge is 0.341 e. The predicted octanol–water partition coefficient (Wildman–Crippen LogP) is 2.73. The quantitative estimate of drug-likeness (QED) is 0.874. The number of rotatable bonds is 1. The molecule has 106 valence electrons. The highest BCUT2D eigenvalue weighted by Gasteiger charge is 2.22. The van der Waals surface area contributed by atoms with E-state index in [9.17, 15) is 18.4 Å². The van der Waals surface area contributed by atoms with Gasteiger partial charge >= 0.3 is 5.97 Å². The summed E-state index contributed by atoms with van der Waals surface area (Å²) in [5.41, 5.74) is -1.74. The fourth-order valence-electron chi connectivity index (χ4n) is 2.03. The molecule has 0 fully saturated rings. The highest BCUT2D eigenvalue weighted by atomic mass is 19.2. The number of benzene rings is 1. The number of aromatic nitrogens is 1. The van der Waals surface area contributed by atoms with Gasteiger partial charge in [0.15, 0.2) is 11.6 Å². The van der Waals surface area contributed by atoms with Crippen molar-refractivity contribution in [3.8, 4) is 0 Å². The van der Waals surface area contributed by atoms with Crippen LogP contribution in [-0.4, -0.2) is 15.6 Å². The Morgan fingerprint density at radius 1 is 1.20 bits per heavy atom. The number of hydrogen-bond donors (Lipinski definition) is 1. The van der Waals surface area contributed by atoms with Gasteiger partial charge in [0.05, 0.1) is 5.52 Å². The van der Waals surface area contributed by atoms with Gasteiger partial charge in [0.1, 0.15) is 5.56 Å². The average Bonchev–Trinajstić information content (AvgIpc) is 2.30. The third kappa shape index (κ3) is 2.17. The maximum atomic E-state index is 13.4. The summed E-state index contributed by atoms with van der Waals surface area (Å²) in [6.45, 7) is 5.30. The Bertz CT molecular complexity index is 773. The van der Waals surface area contributed by atoms with Crippen LogP contribution >= 0.6 is 0 Å². The second-order valence-corrected chi connectivity index (χ2v) is 5.50. The molecule has 1 aromatic heterocycles. The Labute approximate surface area is 113 Å². The average molecular weight is 281 g/mol. The highest BCUT2D eigenvalue weighted by Crippen LogP contribution is 2.23. The molecule has 1 aromatic carbocycles. The number of fused-ring (bicyclic) bond motifs is 1. The molecule has 6 heteroatoms. The zero-order valence-corrected chi connectivity index (χ0v) is 11.2. The molecule has 4 nitrogen and oxygen atoms in total. The maximum absolute atomic E-state index is 13.4. The summed E-state index contributed by atoms with van der Waals surface area (Å²) < 4.78 is 28.2. The van der Waals surface area contributed by atoms with Crippen LogP contribution < -0.4 is 5.43 Å². The van der Waals surface area contributed by atoms with Crippen LogP contribution in [0.5, 0.6) is 0 Å². The van der Waals surface area contributed by atoms with Gasteiger partial charge in [-0.2, -0.15) is 0 Å². The van der Waals surface area contributed by atoms with E-state index < -0.39 is 34.1 Å². The fourth-order valence-corrected chi connectivity index (χ4v) is 2.03. The minimum Gasteiger partial charge on any atom is -0.477 e. The predicted molar refractivity (Wildman–Crippen MR) is 70.1 cm³/mol. The molecule has 2 rings (SSSR count). The lowest BCUT2D eigenvalue weighted by molar-refractivity contribution is 0.0694.